The van der Waals surface area contributed by atoms with Crippen molar-refractivity contribution in [2.24, 2.45) is 0 Å². The van der Waals surface area contributed by atoms with Crippen molar-refractivity contribution >= 4 is 35.3 Å². The van der Waals surface area contributed by atoms with E-state index >= 15 is 0 Å². The number of hydrogen-bond acceptors (Lipinski definition) is 9. The van der Waals surface area contributed by atoms with E-state index < -0.39 is 17.9 Å². The molecule has 0 unspecified atom stereocenters. The molecule has 0 bridgehead atoms. The number of Topliss-reactive ketones (excluding diaryl/α,β-unsaturated/α-hetero) is 3. The minimum absolute atomic E-state index is 0. The van der Waals surface area contributed by atoms with Crippen molar-refractivity contribution in [3.8, 4) is 0 Å². The van der Waals surface area contributed by atoms with Crippen molar-refractivity contribution in [3.05, 3.63) is 0 Å². The molecule has 25 heavy (non-hydrogen) atoms. The standard InChI is InChI=1S/3C5H8O3.Ru/c3*1-4(6)2-3-5(7)8;/h3*2-3H2,1H3,(H,7,8);/q;;;+3/p-3. The molecule has 0 heterocycles. The van der Waals surface area contributed by atoms with Crippen molar-refractivity contribution in [1.29, 1.82) is 0 Å². The van der Waals surface area contributed by atoms with Crippen LogP contribution in [0.25, 0.3) is 0 Å². The Morgan fingerprint density at radius 1 is 0.480 bits per heavy atom. The summed E-state index contributed by atoms with van der Waals surface area (Å²) in [5.74, 6) is -3.85. The summed E-state index contributed by atoms with van der Waals surface area (Å²) in [5.41, 5.74) is 0. The third-order valence-corrected chi connectivity index (χ3v) is 2.04. The van der Waals surface area contributed by atoms with Crippen LogP contribution in [0.4, 0.5) is 0 Å². The Hall–Kier alpha value is -1.96. The number of carbonyl (C=O) groups excluding carboxylic acids is 6. The SMILES string of the molecule is CC(=O)CCC(=O)[O-].CC(=O)CCC(=O)[O-].CC(=O)CCC(=O)[O-].[Ru+3]. The van der Waals surface area contributed by atoms with E-state index in [2.05, 4.69) is 0 Å². The fraction of sp³-hybridized carbons (Fsp3) is 0.600. The summed E-state index contributed by atoms with van der Waals surface area (Å²) in [6, 6.07) is 0. The number of ketones is 3. The first-order valence-corrected chi connectivity index (χ1v) is 6.96. The average molecular weight is 446 g/mol. The fourth-order valence-corrected chi connectivity index (χ4v) is 0.834. The molecule has 0 aromatic rings. The van der Waals surface area contributed by atoms with E-state index in [-0.39, 0.29) is 75.4 Å². The number of aliphatic carboxylic acids is 3. The molecule has 0 saturated heterocycles. The van der Waals surface area contributed by atoms with Gasteiger partial charge < -0.3 is 44.1 Å². The van der Waals surface area contributed by atoms with Gasteiger partial charge in [-0.2, -0.15) is 0 Å². The van der Waals surface area contributed by atoms with Gasteiger partial charge in [0.15, 0.2) is 0 Å². The Morgan fingerprint density at radius 3 is 0.680 bits per heavy atom. The van der Waals surface area contributed by atoms with Gasteiger partial charge in [-0.05, 0) is 40.0 Å². The third kappa shape index (κ3) is 52.1. The summed E-state index contributed by atoms with van der Waals surface area (Å²) in [6.07, 6.45) is -0.215. The predicted octanol–water partition coefficient (Wildman–Crippen LogP) is -2.69. The molecule has 0 atom stereocenters. The Morgan fingerprint density at radius 2 is 0.640 bits per heavy atom. The Bertz CT molecular complexity index is 349. The van der Waals surface area contributed by atoms with Gasteiger partial charge in [-0.1, -0.05) is 0 Å². The summed E-state index contributed by atoms with van der Waals surface area (Å²) in [4.78, 5) is 59.1. The molecule has 0 fully saturated rings. The van der Waals surface area contributed by atoms with Crippen LogP contribution in [-0.4, -0.2) is 35.3 Å². The molecular weight excluding hydrogens is 425 g/mol. The molecule has 0 spiro atoms. The maximum absolute atomic E-state index is 10.1. The second kappa shape index (κ2) is 20.1. The molecule has 143 valence electrons. The molecule has 1 radical (unpaired) electrons. The summed E-state index contributed by atoms with van der Waals surface area (Å²) in [5, 5.41) is 28.9. The zero-order chi connectivity index (χ0) is 19.7. The number of carboxylic acid groups (broad SMARTS) is 3. The quantitative estimate of drug-likeness (QED) is 0.342. The summed E-state index contributed by atoms with van der Waals surface area (Å²) in [6.45, 7) is 4.05. The Balaban J connectivity index is -0.000000130. The molecule has 0 aromatic heterocycles. The zero-order valence-electron chi connectivity index (χ0n) is 14.3. The molecular formula is C15H21O9Ru. The zero-order valence-corrected chi connectivity index (χ0v) is 16.0. The second-order valence-corrected chi connectivity index (χ2v) is 4.72. The number of carboxylic acids is 3. The number of carbonyl (C=O) groups is 6. The molecule has 0 N–H and O–H groups in total. The van der Waals surface area contributed by atoms with Gasteiger partial charge in [-0.3, -0.25) is 0 Å². The summed E-state index contributed by atoms with van der Waals surface area (Å²) >= 11 is 0. The minimum Gasteiger partial charge on any atom is -0.550 e. The molecule has 0 saturated carbocycles. The Kier molecular flexibility index (Phi) is 24.8. The smallest absolute Gasteiger partial charge is 0.550 e. The molecule has 0 amide bonds. The van der Waals surface area contributed by atoms with Crippen molar-refractivity contribution in [2.45, 2.75) is 59.3 Å². The van der Waals surface area contributed by atoms with E-state index in [9.17, 15) is 44.1 Å². The van der Waals surface area contributed by atoms with Crippen LogP contribution >= 0.6 is 0 Å². The maximum atomic E-state index is 10.1. The van der Waals surface area contributed by atoms with Gasteiger partial charge in [0.05, 0.1) is 0 Å². The van der Waals surface area contributed by atoms with E-state index in [1.807, 2.05) is 0 Å². The van der Waals surface area contributed by atoms with E-state index in [0.29, 0.717) is 0 Å². The summed E-state index contributed by atoms with van der Waals surface area (Å²) < 4.78 is 0. The van der Waals surface area contributed by atoms with Gasteiger partial charge in [0.2, 0.25) is 0 Å². The normalized spacial score (nSPS) is 8.28. The minimum atomic E-state index is -1.17. The molecule has 0 aliphatic rings. The van der Waals surface area contributed by atoms with Gasteiger partial charge in [0.25, 0.3) is 0 Å². The van der Waals surface area contributed by atoms with Crippen molar-refractivity contribution < 1.29 is 63.6 Å². The first kappa shape index (κ1) is 30.9. The average Bonchev–Trinajstić information content (AvgIpc) is 2.42. The third-order valence-electron chi connectivity index (χ3n) is 2.04. The van der Waals surface area contributed by atoms with Crippen LogP contribution in [0.5, 0.6) is 0 Å². The van der Waals surface area contributed by atoms with Gasteiger partial charge in [-0.25, -0.2) is 0 Å². The van der Waals surface area contributed by atoms with Crippen molar-refractivity contribution in [2.75, 3.05) is 0 Å². The van der Waals surface area contributed by atoms with Crippen LogP contribution in [0.1, 0.15) is 59.3 Å². The largest absolute Gasteiger partial charge is 3.00 e. The maximum Gasteiger partial charge on any atom is 3.00 e. The van der Waals surface area contributed by atoms with Gasteiger partial charge in [-0.15, -0.1) is 0 Å². The number of rotatable bonds is 9. The van der Waals surface area contributed by atoms with Crippen molar-refractivity contribution in [1.82, 2.24) is 0 Å². The van der Waals surface area contributed by atoms with Crippen molar-refractivity contribution in [3.63, 3.8) is 0 Å². The molecule has 10 heteroatoms. The topological polar surface area (TPSA) is 172 Å². The van der Waals surface area contributed by atoms with Gasteiger partial charge in [0, 0.05) is 37.2 Å². The van der Waals surface area contributed by atoms with Crippen LogP contribution in [0.15, 0.2) is 0 Å². The van der Waals surface area contributed by atoms with Crippen LogP contribution < -0.4 is 15.3 Å². The van der Waals surface area contributed by atoms with E-state index in [0.717, 1.165) is 0 Å². The first-order valence-electron chi connectivity index (χ1n) is 6.96. The monoisotopic (exact) mass is 447 g/mol. The van der Waals surface area contributed by atoms with Crippen LogP contribution in [0, 0.1) is 0 Å². The predicted molar refractivity (Wildman–Crippen MR) is 74.8 cm³/mol. The van der Waals surface area contributed by atoms with Gasteiger partial charge >= 0.3 is 19.5 Å². The fourth-order valence-electron chi connectivity index (χ4n) is 0.834. The number of hydrogen-bond donors (Lipinski definition) is 0. The first-order chi connectivity index (χ1) is 10.9. The van der Waals surface area contributed by atoms with Crippen LogP contribution in [-0.2, 0) is 48.2 Å². The summed E-state index contributed by atoms with van der Waals surface area (Å²) in [7, 11) is 0. The van der Waals surface area contributed by atoms with Crippen LogP contribution in [0.3, 0.4) is 0 Å². The molecule has 0 aliphatic heterocycles. The van der Waals surface area contributed by atoms with Crippen LogP contribution in [0.2, 0.25) is 0 Å². The molecule has 9 nitrogen and oxygen atoms in total. The van der Waals surface area contributed by atoms with Gasteiger partial charge in [0.1, 0.15) is 17.3 Å². The van der Waals surface area contributed by atoms with E-state index in [1.54, 1.807) is 0 Å². The Labute approximate surface area is 158 Å². The second-order valence-electron chi connectivity index (χ2n) is 4.72. The van der Waals surface area contributed by atoms with E-state index in [1.165, 1.54) is 20.8 Å². The van der Waals surface area contributed by atoms with E-state index in [4.69, 9.17) is 0 Å². The molecule has 0 aliphatic carbocycles. The molecule has 0 aromatic carbocycles. The molecule has 0 rings (SSSR count).